The summed E-state index contributed by atoms with van der Waals surface area (Å²) >= 11 is 0. The molecule has 1 aromatic rings. The van der Waals surface area contributed by atoms with Crippen LogP contribution in [0.25, 0.3) is 0 Å². The van der Waals surface area contributed by atoms with Gasteiger partial charge in [-0.15, -0.1) is 0 Å². The fourth-order valence-electron chi connectivity index (χ4n) is 2.92. The van der Waals surface area contributed by atoms with Crippen molar-refractivity contribution < 1.29 is 18.1 Å². The molecule has 0 aromatic heterocycles. The Morgan fingerprint density at radius 1 is 1.00 bits per heavy atom. The van der Waals surface area contributed by atoms with Gasteiger partial charge >= 0.3 is 7.12 Å². The number of rotatable bonds is 1. The molecule has 0 saturated carbocycles. The first-order valence-corrected chi connectivity index (χ1v) is 7.08. The van der Waals surface area contributed by atoms with Gasteiger partial charge in [-0.3, -0.25) is 0 Å². The maximum absolute atomic E-state index is 13.8. The van der Waals surface area contributed by atoms with Crippen molar-refractivity contribution in [2.45, 2.75) is 58.2 Å². The number of benzene rings is 1. The summed E-state index contributed by atoms with van der Waals surface area (Å²) in [7, 11) is -0.623. The van der Waals surface area contributed by atoms with E-state index in [4.69, 9.17) is 9.31 Å². The van der Waals surface area contributed by atoms with Crippen molar-refractivity contribution in [2.75, 3.05) is 0 Å². The number of hydrogen-bond donors (Lipinski definition) is 0. The standard InChI is InChI=1S/C15H19BF2O2/c1-14(2)15(3,4)20-16(19-14)11-8-12(17)13(18)10-7-5-6-9(10)11/h8H,5-7H2,1-4H3. The molecule has 1 heterocycles. The minimum absolute atomic E-state index is 0.478. The summed E-state index contributed by atoms with van der Waals surface area (Å²) in [6, 6.07) is 1.24. The largest absolute Gasteiger partial charge is 0.495 e. The van der Waals surface area contributed by atoms with E-state index in [1.165, 1.54) is 6.07 Å². The molecule has 0 radical (unpaired) electrons. The van der Waals surface area contributed by atoms with E-state index in [0.29, 0.717) is 17.4 Å². The SMILES string of the molecule is CC1(C)OB(c2cc(F)c(F)c3c2CCC3)OC1(C)C. The highest BCUT2D eigenvalue weighted by molar-refractivity contribution is 6.62. The van der Waals surface area contributed by atoms with E-state index < -0.39 is 30.0 Å². The molecular weight excluding hydrogens is 261 g/mol. The van der Waals surface area contributed by atoms with E-state index in [9.17, 15) is 8.78 Å². The van der Waals surface area contributed by atoms with Gasteiger partial charge < -0.3 is 9.31 Å². The van der Waals surface area contributed by atoms with Crippen molar-refractivity contribution in [1.82, 2.24) is 0 Å². The molecule has 0 amide bonds. The summed E-state index contributed by atoms with van der Waals surface area (Å²) in [5.41, 5.74) is 1.05. The van der Waals surface area contributed by atoms with E-state index in [1.54, 1.807) is 0 Å². The van der Waals surface area contributed by atoms with Crippen LogP contribution in [0.3, 0.4) is 0 Å². The minimum Gasteiger partial charge on any atom is -0.399 e. The highest BCUT2D eigenvalue weighted by atomic mass is 19.2. The Bertz CT molecular complexity index is 553. The average Bonchev–Trinajstić information content (AvgIpc) is 2.88. The number of halogens is 2. The normalized spacial score (nSPS) is 23.2. The maximum Gasteiger partial charge on any atom is 0.495 e. The fourth-order valence-corrected chi connectivity index (χ4v) is 2.92. The molecule has 2 aliphatic rings. The molecule has 1 saturated heterocycles. The quantitative estimate of drug-likeness (QED) is 0.736. The van der Waals surface area contributed by atoms with E-state index in [1.807, 2.05) is 27.7 Å². The maximum atomic E-state index is 13.8. The van der Waals surface area contributed by atoms with Gasteiger partial charge in [-0.05, 0) is 69.6 Å². The molecule has 0 unspecified atom stereocenters. The molecule has 1 aliphatic heterocycles. The molecule has 0 spiro atoms. The van der Waals surface area contributed by atoms with Crippen molar-refractivity contribution >= 4 is 12.6 Å². The molecule has 0 bridgehead atoms. The summed E-state index contributed by atoms with van der Waals surface area (Å²) < 4.78 is 39.5. The first-order valence-electron chi connectivity index (χ1n) is 7.08. The molecule has 0 N–H and O–H groups in total. The molecule has 2 nitrogen and oxygen atoms in total. The lowest BCUT2D eigenvalue weighted by atomic mass is 9.75. The molecule has 1 aromatic carbocycles. The van der Waals surface area contributed by atoms with Crippen LogP contribution >= 0.6 is 0 Å². The lowest BCUT2D eigenvalue weighted by Gasteiger charge is -2.32. The zero-order valence-electron chi connectivity index (χ0n) is 12.3. The first kappa shape index (κ1) is 14.0. The Labute approximate surface area is 118 Å². The third-order valence-corrected chi connectivity index (χ3v) is 4.83. The van der Waals surface area contributed by atoms with Crippen LogP contribution in [-0.2, 0) is 22.2 Å². The van der Waals surface area contributed by atoms with Crippen LogP contribution in [0, 0.1) is 11.6 Å². The molecule has 1 aliphatic carbocycles. The molecule has 108 valence electrons. The van der Waals surface area contributed by atoms with Gasteiger partial charge in [0.25, 0.3) is 0 Å². The van der Waals surface area contributed by atoms with Crippen LogP contribution in [0.15, 0.2) is 6.07 Å². The van der Waals surface area contributed by atoms with Crippen molar-refractivity contribution in [2.24, 2.45) is 0 Å². The molecule has 1 fully saturated rings. The predicted molar refractivity (Wildman–Crippen MR) is 74.1 cm³/mol. The topological polar surface area (TPSA) is 18.5 Å². The van der Waals surface area contributed by atoms with Gasteiger partial charge in [-0.25, -0.2) is 8.78 Å². The Balaban J connectivity index is 2.05. The number of hydrogen-bond acceptors (Lipinski definition) is 2. The zero-order chi connectivity index (χ0) is 14.7. The number of fused-ring (bicyclic) bond motifs is 1. The van der Waals surface area contributed by atoms with Crippen LogP contribution in [-0.4, -0.2) is 18.3 Å². The Hall–Kier alpha value is -0.935. The minimum atomic E-state index is -0.810. The third kappa shape index (κ3) is 1.91. The molecular formula is C15H19BF2O2. The monoisotopic (exact) mass is 280 g/mol. The Morgan fingerprint density at radius 2 is 1.55 bits per heavy atom. The van der Waals surface area contributed by atoms with Crippen molar-refractivity contribution in [3.8, 4) is 0 Å². The summed E-state index contributed by atoms with van der Waals surface area (Å²) in [4.78, 5) is 0. The zero-order valence-corrected chi connectivity index (χ0v) is 12.3. The lowest BCUT2D eigenvalue weighted by Crippen LogP contribution is -2.41. The van der Waals surface area contributed by atoms with Gasteiger partial charge in [-0.1, -0.05) is 0 Å². The summed E-state index contributed by atoms with van der Waals surface area (Å²) in [5.74, 6) is -1.52. The highest BCUT2D eigenvalue weighted by Gasteiger charge is 2.52. The Morgan fingerprint density at radius 3 is 2.15 bits per heavy atom. The molecule has 0 atom stereocenters. The van der Waals surface area contributed by atoms with Gasteiger partial charge in [0.2, 0.25) is 0 Å². The van der Waals surface area contributed by atoms with E-state index in [0.717, 1.165) is 18.4 Å². The molecule has 5 heteroatoms. The van der Waals surface area contributed by atoms with E-state index in [2.05, 4.69) is 0 Å². The van der Waals surface area contributed by atoms with Crippen LogP contribution in [0.1, 0.15) is 45.2 Å². The van der Waals surface area contributed by atoms with Crippen LogP contribution in [0.5, 0.6) is 0 Å². The molecule has 3 rings (SSSR count). The predicted octanol–water partition coefficient (Wildman–Crippen LogP) is 2.75. The van der Waals surface area contributed by atoms with Crippen molar-refractivity contribution in [1.29, 1.82) is 0 Å². The van der Waals surface area contributed by atoms with Gasteiger partial charge in [0.1, 0.15) is 0 Å². The van der Waals surface area contributed by atoms with E-state index in [-0.39, 0.29) is 0 Å². The van der Waals surface area contributed by atoms with Crippen LogP contribution in [0.4, 0.5) is 8.78 Å². The molecule has 20 heavy (non-hydrogen) atoms. The third-order valence-electron chi connectivity index (χ3n) is 4.83. The van der Waals surface area contributed by atoms with Crippen molar-refractivity contribution in [3.63, 3.8) is 0 Å². The first-order chi connectivity index (χ1) is 9.23. The second-order valence-corrected chi connectivity index (χ2v) is 6.66. The van der Waals surface area contributed by atoms with Gasteiger partial charge in [-0.2, -0.15) is 0 Å². The van der Waals surface area contributed by atoms with Gasteiger partial charge in [0.05, 0.1) is 11.2 Å². The van der Waals surface area contributed by atoms with Gasteiger partial charge in [0, 0.05) is 0 Å². The lowest BCUT2D eigenvalue weighted by molar-refractivity contribution is 0.00578. The second kappa shape index (κ2) is 4.28. The van der Waals surface area contributed by atoms with Crippen molar-refractivity contribution in [3.05, 3.63) is 28.8 Å². The smallest absolute Gasteiger partial charge is 0.399 e. The Kier molecular flexibility index (Phi) is 3.00. The summed E-state index contributed by atoms with van der Waals surface area (Å²) in [5, 5.41) is 0. The highest BCUT2D eigenvalue weighted by Crippen LogP contribution is 2.37. The summed E-state index contributed by atoms with van der Waals surface area (Å²) in [6.07, 6.45) is 2.19. The average molecular weight is 280 g/mol. The van der Waals surface area contributed by atoms with Crippen LogP contribution < -0.4 is 5.46 Å². The van der Waals surface area contributed by atoms with Crippen LogP contribution in [0.2, 0.25) is 0 Å². The fraction of sp³-hybridized carbons (Fsp3) is 0.600. The van der Waals surface area contributed by atoms with E-state index >= 15 is 0 Å². The summed E-state index contributed by atoms with van der Waals surface area (Å²) in [6.45, 7) is 7.81. The second-order valence-electron chi connectivity index (χ2n) is 6.66. The van der Waals surface area contributed by atoms with Gasteiger partial charge in [0.15, 0.2) is 11.6 Å².